The van der Waals surface area contributed by atoms with Crippen LogP contribution >= 0.6 is 11.8 Å². The third-order valence-electron chi connectivity index (χ3n) is 1.96. The maximum atomic E-state index is 9.12. The predicted molar refractivity (Wildman–Crippen MR) is 59.5 cm³/mol. The van der Waals surface area contributed by atoms with E-state index in [0.717, 1.165) is 6.42 Å². The van der Waals surface area contributed by atoms with E-state index in [1.54, 1.807) is 18.9 Å². The van der Waals surface area contributed by atoms with Crippen molar-refractivity contribution in [1.82, 2.24) is 0 Å². The molecule has 0 fully saturated rings. The van der Waals surface area contributed by atoms with Crippen molar-refractivity contribution >= 4 is 11.8 Å². The van der Waals surface area contributed by atoms with Crippen molar-refractivity contribution < 1.29 is 14.9 Å². The molecule has 0 aliphatic rings. The molecular weight excluding hydrogens is 202 g/mol. The normalized spacial score (nSPS) is 17.8. The van der Waals surface area contributed by atoms with Gasteiger partial charge in [0.15, 0.2) is 0 Å². The maximum Gasteiger partial charge on any atom is 0.0625 e. The van der Waals surface area contributed by atoms with Crippen LogP contribution in [-0.2, 0) is 4.74 Å². The smallest absolute Gasteiger partial charge is 0.0625 e. The summed E-state index contributed by atoms with van der Waals surface area (Å²) >= 11 is 1.60. The van der Waals surface area contributed by atoms with Crippen molar-refractivity contribution in [3.05, 3.63) is 0 Å². The van der Waals surface area contributed by atoms with Crippen LogP contribution in [0.25, 0.3) is 0 Å². The molecule has 0 saturated carbocycles. The van der Waals surface area contributed by atoms with Gasteiger partial charge in [-0.3, -0.25) is 0 Å². The number of methoxy groups -OCH3 is 1. The zero-order valence-electron chi connectivity index (χ0n) is 8.85. The van der Waals surface area contributed by atoms with Crippen LogP contribution in [0.3, 0.4) is 0 Å². The van der Waals surface area contributed by atoms with Crippen molar-refractivity contribution in [3.63, 3.8) is 0 Å². The van der Waals surface area contributed by atoms with Crippen LogP contribution in [0.2, 0.25) is 0 Å². The Morgan fingerprint density at radius 1 is 1.43 bits per heavy atom. The van der Waals surface area contributed by atoms with E-state index in [-0.39, 0.29) is 24.5 Å². The molecule has 0 radical (unpaired) electrons. The van der Waals surface area contributed by atoms with Crippen LogP contribution in [0.5, 0.6) is 0 Å². The molecule has 0 aromatic heterocycles. The summed E-state index contributed by atoms with van der Waals surface area (Å²) in [6, 6.07) is -0.156. The second-order valence-electron chi connectivity index (χ2n) is 3.30. The average molecular weight is 223 g/mol. The number of ether oxygens (including phenoxy) is 1. The Labute approximate surface area is 89.8 Å². The first-order valence-electron chi connectivity index (χ1n) is 4.77. The van der Waals surface area contributed by atoms with Crippen LogP contribution < -0.4 is 5.73 Å². The van der Waals surface area contributed by atoms with Gasteiger partial charge in [0.05, 0.1) is 13.2 Å². The molecule has 0 bridgehead atoms. The van der Waals surface area contributed by atoms with E-state index in [1.165, 1.54) is 0 Å². The Balaban J connectivity index is 3.87. The average Bonchev–Trinajstić information content (AvgIpc) is 2.15. The van der Waals surface area contributed by atoms with E-state index in [2.05, 4.69) is 0 Å². The molecule has 0 aromatic rings. The van der Waals surface area contributed by atoms with Crippen LogP contribution in [0.4, 0.5) is 0 Å². The lowest BCUT2D eigenvalue weighted by Crippen LogP contribution is -2.39. The molecule has 4 N–H and O–H groups in total. The minimum Gasteiger partial charge on any atom is -0.396 e. The molecule has 0 aliphatic carbocycles. The summed E-state index contributed by atoms with van der Waals surface area (Å²) in [4.78, 5) is 0. The standard InChI is InChI=1S/C9H21NO3S/c1-7(3-4-11)14-9(5-12)8(10)6-13-2/h7-9,11-12H,3-6,10H2,1-2H3. The highest BCUT2D eigenvalue weighted by Crippen LogP contribution is 2.21. The fraction of sp³-hybridized carbons (Fsp3) is 1.00. The monoisotopic (exact) mass is 223 g/mol. The van der Waals surface area contributed by atoms with E-state index in [9.17, 15) is 0 Å². The summed E-state index contributed by atoms with van der Waals surface area (Å²) in [6.45, 7) is 2.68. The van der Waals surface area contributed by atoms with Gasteiger partial charge in [0, 0.05) is 30.3 Å². The molecule has 0 rings (SSSR count). The van der Waals surface area contributed by atoms with E-state index >= 15 is 0 Å². The van der Waals surface area contributed by atoms with Gasteiger partial charge in [0.1, 0.15) is 0 Å². The number of hydrogen-bond acceptors (Lipinski definition) is 5. The first-order valence-corrected chi connectivity index (χ1v) is 5.71. The predicted octanol–water partition coefficient (Wildman–Crippen LogP) is -0.175. The van der Waals surface area contributed by atoms with Gasteiger partial charge >= 0.3 is 0 Å². The third-order valence-corrected chi connectivity index (χ3v) is 3.51. The fourth-order valence-electron chi connectivity index (χ4n) is 1.13. The largest absolute Gasteiger partial charge is 0.396 e. The lowest BCUT2D eigenvalue weighted by atomic mass is 10.2. The van der Waals surface area contributed by atoms with Gasteiger partial charge in [0.2, 0.25) is 0 Å². The summed E-state index contributed by atoms with van der Waals surface area (Å²) in [6.07, 6.45) is 0.723. The molecular formula is C9H21NO3S. The van der Waals surface area contributed by atoms with Gasteiger partial charge in [-0.1, -0.05) is 6.92 Å². The zero-order valence-corrected chi connectivity index (χ0v) is 9.67. The van der Waals surface area contributed by atoms with Crippen molar-refractivity contribution in [2.45, 2.75) is 29.9 Å². The second kappa shape index (κ2) is 8.49. The lowest BCUT2D eigenvalue weighted by Gasteiger charge is -2.23. The van der Waals surface area contributed by atoms with Crippen LogP contribution in [0.15, 0.2) is 0 Å². The SMILES string of the molecule is COCC(N)C(CO)SC(C)CCO. The van der Waals surface area contributed by atoms with Gasteiger partial charge in [-0.05, 0) is 6.42 Å². The van der Waals surface area contributed by atoms with Crippen LogP contribution in [-0.4, -0.2) is 53.7 Å². The quantitative estimate of drug-likeness (QED) is 0.532. The number of thioether (sulfide) groups is 1. The van der Waals surface area contributed by atoms with Crippen LogP contribution in [0, 0.1) is 0 Å². The molecule has 14 heavy (non-hydrogen) atoms. The third kappa shape index (κ3) is 5.82. The minimum absolute atomic E-state index is 0.0171. The first-order chi connectivity index (χ1) is 6.65. The van der Waals surface area contributed by atoms with Crippen LogP contribution in [0.1, 0.15) is 13.3 Å². The molecule has 0 saturated heterocycles. The van der Waals surface area contributed by atoms with Gasteiger partial charge in [-0.15, -0.1) is 0 Å². The molecule has 0 amide bonds. The zero-order chi connectivity index (χ0) is 11.0. The second-order valence-corrected chi connectivity index (χ2v) is 4.98. The maximum absolute atomic E-state index is 9.12. The van der Waals surface area contributed by atoms with Crippen molar-refractivity contribution in [2.24, 2.45) is 5.73 Å². The highest BCUT2D eigenvalue weighted by Gasteiger charge is 2.19. The van der Waals surface area contributed by atoms with E-state index in [0.29, 0.717) is 11.9 Å². The topological polar surface area (TPSA) is 75.7 Å². The molecule has 3 unspecified atom stereocenters. The summed E-state index contributed by atoms with van der Waals surface area (Å²) in [5, 5.41) is 18.1. The first kappa shape index (κ1) is 14.2. The molecule has 0 spiro atoms. The Morgan fingerprint density at radius 3 is 2.50 bits per heavy atom. The lowest BCUT2D eigenvalue weighted by molar-refractivity contribution is 0.167. The summed E-state index contributed by atoms with van der Waals surface area (Å²) in [5.74, 6) is 0. The van der Waals surface area contributed by atoms with E-state index in [1.807, 2.05) is 6.92 Å². The van der Waals surface area contributed by atoms with Crippen molar-refractivity contribution in [1.29, 1.82) is 0 Å². The van der Waals surface area contributed by atoms with E-state index < -0.39 is 0 Å². The number of aliphatic hydroxyl groups is 2. The molecule has 0 aromatic carbocycles. The highest BCUT2D eigenvalue weighted by atomic mass is 32.2. The molecule has 0 heterocycles. The summed E-state index contributed by atoms with van der Waals surface area (Å²) in [5.41, 5.74) is 5.82. The number of nitrogens with two attached hydrogens (primary N) is 1. The molecule has 0 aliphatic heterocycles. The Hall–Kier alpha value is 0.190. The van der Waals surface area contributed by atoms with Crippen molar-refractivity contribution in [2.75, 3.05) is 26.9 Å². The molecule has 4 nitrogen and oxygen atoms in total. The number of aliphatic hydroxyl groups excluding tert-OH is 2. The Bertz CT molecular complexity index is 137. The van der Waals surface area contributed by atoms with Gasteiger partial charge in [-0.2, -0.15) is 11.8 Å². The molecule has 3 atom stereocenters. The fourth-order valence-corrected chi connectivity index (χ4v) is 2.33. The van der Waals surface area contributed by atoms with Gasteiger partial charge in [-0.25, -0.2) is 0 Å². The summed E-state index contributed by atoms with van der Waals surface area (Å²) < 4.78 is 4.93. The number of rotatable bonds is 8. The van der Waals surface area contributed by atoms with Gasteiger partial charge in [0.25, 0.3) is 0 Å². The summed E-state index contributed by atoms with van der Waals surface area (Å²) in [7, 11) is 1.59. The molecule has 5 heteroatoms. The Morgan fingerprint density at radius 2 is 2.07 bits per heavy atom. The number of hydrogen-bond donors (Lipinski definition) is 3. The van der Waals surface area contributed by atoms with Crippen molar-refractivity contribution in [3.8, 4) is 0 Å². The Kier molecular flexibility index (Phi) is 8.61. The molecule has 86 valence electrons. The minimum atomic E-state index is -0.156. The highest BCUT2D eigenvalue weighted by molar-refractivity contribution is 8.00. The van der Waals surface area contributed by atoms with Gasteiger partial charge < -0.3 is 20.7 Å². The van der Waals surface area contributed by atoms with E-state index in [4.69, 9.17) is 20.7 Å².